The van der Waals surface area contributed by atoms with Crippen LogP contribution in [0.4, 0.5) is 5.82 Å². The minimum absolute atomic E-state index is 0.299. The van der Waals surface area contributed by atoms with Gasteiger partial charge in [0.05, 0.1) is 35.0 Å². The maximum Gasteiger partial charge on any atom is 0.337 e. The molecule has 0 radical (unpaired) electrons. The lowest BCUT2D eigenvalue weighted by Crippen LogP contribution is -2.12. The maximum absolute atomic E-state index is 12.4. The van der Waals surface area contributed by atoms with E-state index in [1.54, 1.807) is 44.3 Å². The van der Waals surface area contributed by atoms with Crippen molar-refractivity contribution in [3.05, 3.63) is 52.1 Å². The van der Waals surface area contributed by atoms with Crippen LogP contribution in [-0.2, 0) is 4.74 Å². The number of aromatic amines is 2. The Labute approximate surface area is 164 Å². The molecule has 1 aromatic carbocycles. The standard InChI is InChI=1S/C19H17N7O3/c1-9-21-14(8-16(20-2)22-9)15-7-11(18(27)26-25-15)17-23-12-5-4-10(19(28)29-3)6-13(12)24-17/h4-8H,1-3H3,(H,23,24)(H,26,27)(H,20,21,22). The first-order valence-electron chi connectivity index (χ1n) is 8.70. The van der Waals surface area contributed by atoms with E-state index in [0.717, 1.165) is 0 Å². The molecule has 3 aromatic heterocycles. The highest BCUT2D eigenvalue weighted by Gasteiger charge is 2.15. The van der Waals surface area contributed by atoms with Crippen LogP contribution >= 0.6 is 0 Å². The molecule has 0 saturated carbocycles. The molecule has 0 amide bonds. The Morgan fingerprint density at radius 1 is 1.10 bits per heavy atom. The molecule has 0 aliphatic carbocycles. The number of carbonyl (C=O) groups is 1. The molecule has 0 unspecified atom stereocenters. The molecule has 0 fully saturated rings. The number of methoxy groups -OCH3 is 1. The van der Waals surface area contributed by atoms with E-state index in [2.05, 4.69) is 35.5 Å². The van der Waals surface area contributed by atoms with Crippen molar-refractivity contribution in [2.45, 2.75) is 6.92 Å². The van der Waals surface area contributed by atoms with Crippen LogP contribution in [0.15, 0.2) is 35.1 Å². The van der Waals surface area contributed by atoms with Gasteiger partial charge in [0.15, 0.2) is 0 Å². The molecule has 10 nitrogen and oxygen atoms in total. The molecule has 3 heterocycles. The Morgan fingerprint density at radius 3 is 2.69 bits per heavy atom. The van der Waals surface area contributed by atoms with Crippen molar-refractivity contribution < 1.29 is 9.53 Å². The van der Waals surface area contributed by atoms with Crippen molar-refractivity contribution >= 4 is 22.8 Å². The predicted octanol–water partition coefficient (Wildman–Crippen LogP) is 1.91. The molecule has 0 aliphatic heterocycles. The predicted molar refractivity (Wildman–Crippen MR) is 107 cm³/mol. The lowest BCUT2D eigenvalue weighted by molar-refractivity contribution is 0.0601. The zero-order valence-electron chi connectivity index (χ0n) is 15.9. The molecule has 4 aromatic rings. The fraction of sp³-hybridized carbons (Fsp3) is 0.158. The van der Waals surface area contributed by atoms with Crippen LogP contribution < -0.4 is 10.9 Å². The number of aromatic nitrogens is 6. The summed E-state index contributed by atoms with van der Waals surface area (Å²) in [6, 6.07) is 8.27. The summed E-state index contributed by atoms with van der Waals surface area (Å²) < 4.78 is 4.74. The molecule has 29 heavy (non-hydrogen) atoms. The van der Waals surface area contributed by atoms with Crippen LogP contribution in [0, 0.1) is 6.92 Å². The zero-order valence-corrected chi connectivity index (χ0v) is 15.9. The number of hydrogen-bond acceptors (Lipinski definition) is 8. The number of H-pyrrole nitrogens is 2. The molecule has 3 N–H and O–H groups in total. The van der Waals surface area contributed by atoms with Gasteiger partial charge in [0.25, 0.3) is 5.56 Å². The first-order valence-corrected chi connectivity index (χ1v) is 8.70. The third-order valence-corrected chi connectivity index (χ3v) is 4.32. The topological polar surface area (TPSA) is 139 Å². The van der Waals surface area contributed by atoms with Gasteiger partial charge in [-0.3, -0.25) is 4.79 Å². The normalized spacial score (nSPS) is 10.9. The molecular weight excluding hydrogens is 374 g/mol. The molecular formula is C19H17N7O3. The number of carbonyl (C=O) groups excluding carboxylic acids is 1. The molecule has 0 atom stereocenters. The van der Waals surface area contributed by atoms with Gasteiger partial charge >= 0.3 is 5.97 Å². The van der Waals surface area contributed by atoms with E-state index in [1.807, 2.05) is 0 Å². The van der Waals surface area contributed by atoms with Crippen molar-refractivity contribution in [1.82, 2.24) is 30.1 Å². The summed E-state index contributed by atoms with van der Waals surface area (Å²) in [4.78, 5) is 40.3. The summed E-state index contributed by atoms with van der Waals surface area (Å²) in [5.74, 6) is 1.11. The van der Waals surface area contributed by atoms with E-state index in [4.69, 9.17) is 4.74 Å². The van der Waals surface area contributed by atoms with E-state index in [-0.39, 0.29) is 0 Å². The number of anilines is 1. The van der Waals surface area contributed by atoms with E-state index < -0.39 is 11.5 Å². The van der Waals surface area contributed by atoms with Gasteiger partial charge in [-0.05, 0) is 31.2 Å². The highest BCUT2D eigenvalue weighted by Crippen LogP contribution is 2.23. The second kappa shape index (κ2) is 7.15. The van der Waals surface area contributed by atoms with Gasteiger partial charge in [0, 0.05) is 13.1 Å². The van der Waals surface area contributed by atoms with Gasteiger partial charge in [-0.2, -0.15) is 5.10 Å². The lowest BCUT2D eigenvalue weighted by atomic mass is 10.2. The van der Waals surface area contributed by atoms with Crippen LogP contribution in [0.2, 0.25) is 0 Å². The molecule has 146 valence electrons. The van der Waals surface area contributed by atoms with Crippen LogP contribution in [-0.4, -0.2) is 50.3 Å². The largest absolute Gasteiger partial charge is 0.465 e. The third kappa shape index (κ3) is 3.43. The Kier molecular flexibility index (Phi) is 4.51. The van der Waals surface area contributed by atoms with Crippen molar-refractivity contribution in [3.63, 3.8) is 0 Å². The summed E-state index contributed by atoms with van der Waals surface area (Å²) in [5, 5.41) is 9.55. The Bertz CT molecular complexity index is 1290. The van der Waals surface area contributed by atoms with Gasteiger partial charge in [-0.15, -0.1) is 0 Å². The number of imidazole rings is 1. The molecule has 0 spiro atoms. The molecule has 4 rings (SSSR count). The number of nitrogens with one attached hydrogen (secondary N) is 3. The second-order valence-electron chi connectivity index (χ2n) is 6.24. The van der Waals surface area contributed by atoms with E-state index in [1.165, 1.54) is 7.11 Å². The van der Waals surface area contributed by atoms with Gasteiger partial charge in [-0.1, -0.05) is 0 Å². The van der Waals surface area contributed by atoms with E-state index in [0.29, 0.717) is 51.0 Å². The van der Waals surface area contributed by atoms with Crippen molar-refractivity contribution in [1.29, 1.82) is 0 Å². The smallest absolute Gasteiger partial charge is 0.337 e. The Balaban J connectivity index is 1.81. The van der Waals surface area contributed by atoms with E-state index >= 15 is 0 Å². The maximum atomic E-state index is 12.4. The number of esters is 1. The van der Waals surface area contributed by atoms with E-state index in [9.17, 15) is 9.59 Å². The number of benzene rings is 1. The minimum Gasteiger partial charge on any atom is -0.465 e. The first kappa shape index (κ1) is 18.3. The summed E-state index contributed by atoms with van der Waals surface area (Å²) >= 11 is 0. The number of aryl methyl sites for hydroxylation is 1. The van der Waals surface area contributed by atoms with Crippen LogP contribution in [0.1, 0.15) is 16.2 Å². The molecule has 10 heteroatoms. The van der Waals surface area contributed by atoms with Gasteiger partial charge in [-0.25, -0.2) is 24.8 Å². The number of ether oxygens (including phenoxy) is 1. The fourth-order valence-corrected chi connectivity index (χ4v) is 2.92. The quantitative estimate of drug-likeness (QED) is 0.448. The summed E-state index contributed by atoms with van der Waals surface area (Å²) in [6.45, 7) is 1.77. The van der Waals surface area contributed by atoms with Crippen molar-refractivity contribution in [3.8, 4) is 22.8 Å². The number of rotatable bonds is 4. The number of fused-ring (bicyclic) bond motifs is 1. The van der Waals surface area contributed by atoms with Gasteiger partial charge in [0.1, 0.15) is 23.2 Å². The summed E-state index contributed by atoms with van der Waals surface area (Å²) in [5.41, 5.74) is 2.53. The number of nitrogens with zero attached hydrogens (tertiary/aromatic N) is 4. The van der Waals surface area contributed by atoms with Crippen LogP contribution in [0.25, 0.3) is 33.8 Å². The van der Waals surface area contributed by atoms with Crippen molar-refractivity contribution in [2.75, 3.05) is 19.5 Å². The Morgan fingerprint density at radius 2 is 1.93 bits per heavy atom. The summed E-state index contributed by atoms with van der Waals surface area (Å²) in [7, 11) is 3.07. The molecule has 0 bridgehead atoms. The SMILES string of the molecule is CNc1cc(-c2cc(-c3nc4ccc(C(=O)OC)cc4[nH]3)c(=O)[nH]n2)nc(C)n1. The molecule has 0 aliphatic rings. The highest BCUT2D eigenvalue weighted by molar-refractivity contribution is 5.94. The molecule has 0 saturated heterocycles. The highest BCUT2D eigenvalue weighted by atomic mass is 16.5. The van der Waals surface area contributed by atoms with Crippen LogP contribution in [0.5, 0.6) is 0 Å². The van der Waals surface area contributed by atoms with Gasteiger partial charge < -0.3 is 15.0 Å². The second-order valence-corrected chi connectivity index (χ2v) is 6.24. The average Bonchev–Trinajstić information content (AvgIpc) is 3.16. The van der Waals surface area contributed by atoms with Crippen LogP contribution in [0.3, 0.4) is 0 Å². The summed E-state index contributed by atoms with van der Waals surface area (Å²) in [6.07, 6.45) is 0. The zero-order chi connectivity index (χ0) is 20.5. The minimum atomic E-state index is -0.452. The number of hydrogen-bond donors (Lipinski definition) is 3. The average molecular weight is 391 g/mol. The monoisotopic (exact) mass is 391 g/mol. The van der Waals surface area contributed by atoms with Gasteiger partial charge in [0.2, 0.25) is 0 Å². The van der Waals surface area contributed by atoms with Crippen molar-refractivity contribution in [2.24, 2.45) is 0 Å². The fourth-order valence-electron chi connectivity index (χ4n) is 2.92. The lowest BCUT2D eigenvalue weighted by Gasteiger charge is -2.05. The first-order chi connectivity index (χ1) is 14.0. The Hall–Kier alpha value is -4.08. The third-order valence-electron chi connectivity index (χ3n) is 4.32.